The number of aromatic nitrogens is 1. The molecule has 0 radical (unpaired) electrons. The Bertz CT molecular complexity index is 679. The molecule has 1 aromatic carbocycles. The average molecular weight is 330 g/mol. The second-order valence-electron chi connectivity index (χ2n) is 5.62. The molecule has 6 nitrogen and oxygen atoms in total. The van der Waals surface area contributed by atoms with Gasteiger partial charge in [0, 0.05) is 51.5 Å². The summed E-state index contributed by atoms with van der Waals surface area (Å²) in [5.41, 5.74) is 12.0. The van der Waals surface area contributed by atoms with Gasteiger partial charge in [-0.15, -0.1) is 0 Å². The first-order valence-electron chi connectivity index (χ1n) is 8.21. The van der Waals surface area contributed by atoms with Crippen LogP contribution in [0.3, 0.4) is 0 Å². The zero-order valence-electron chi connectivity index (χ0n) is 14.1. The molecule has 4 N–H and O–H groups in total. The van der Waals surface area contributed by atoms with Gasteiger partial charge >= 0.3 is 0 Å². The molecule has 24 heavy (non-hydrogen) atoms. The Balaban J connectivity index is 2.14. The Kier molecular flexibility index (Phi) is 6.99. The van der Waals surface area contributed by atoms with E-state index in [4.69, 9.17) is 16.2 Å². The molecule has 0 aliphatic rings. The Morgan fingerprint density at radius 2 is 1.71 bits per heavy atom. The third-order valence-electron chi connectivity index (χ3n) is 3.90. The molecule has 1 aromatic heterocycles. The van der Waals surface area contributed by atoms with Crippen molar-refractivity contribution in [2.75, 3.05) is 32.7 Å². The quantitative estimate of drug-likeness (QED) is 0.721. The largest absolute Gasteiger partial charge is 0.451 e. The Morgan fingerprint density at radius 1 is 1.04 bits per heavy atom. The third-order valence-corrected chi connectivity index (χ3v) is 3.90. The van der Waals surface area contributed by atoms with E-state index in [0.717, 1.165) is 31.9 Å². The van der Waals surface area contributed by atoms with E-state index >= 15 is 0 Å². The molecule has 0 amide bonds. The number of pyridine rings is 1. The number of hydrogen-bond acceptors (Lipinski definition) is 5. The lowest BCUT2D eigenvalue weighted by molar-refractivity contribution is 0.275. The molecular formula is C18H26N4O2. The molecule has 2 aromatic rings. The number of hydrogen-bond donors (Lipinski definition) is 2. The first kappa shape index (κ1) is 18.2. The van der Waals surface area contributed by atoms with E-state index in [0.29, 0.717) is 24.6 Å². The van der Waals surface area contributed by atoms with Gasteiger partial charge in [-0.25, -0.2) is 0 Å². The minimum Gasteiger partial charge on any atom is -0.451 e. The molecule has 6 heteroatoms. The highest BCUT2D eigenvalue weighted by Gasteiger charge is 2.11. The van der Waals surface area contributed by atoms with Gasteiger partial charge in [-0.2, -0.15) is 0 Å². The summed E-state index contributed by atoms with van der Waals surface area (Å²) in [6.45, 7) is 6.29. The Hall–Kier alpha value is -2.15. The summed E-state index contributed by atoms with van der Waals surface area (Å²) in [6.07, 6.45) is 1.80. The van der Waals surface area contributed by atoms with Gasteiger partial charge < -0.3 is 20.8 Å². The summed E-state index contributed by atoms with van der Waals surface area (Å²) in [7, 11) is 0. The lowest BCUT2D eigenvalue weighted by Crippen LogP contribution is -2.36. The normalized spacial score (nSPS) is 11.0. The molecule has 0 spiro atoms. The lowest BCUT2D eigenvalue weighted by Gasteiger charge is -2.22. The van der Waals surface area contributed by atoms with Crippen LogP contribution in [0.25, 0.3) is 0 Å². The van der Waals surface area contributed by atoms with Crippen molar-refractivity contribution >= 4 is 0 Å². The van der Waals surface area contributed by atoms with Crippen LogP contribution >= 0.6 is 0 Å². The van der Waals surface area contributed by atoms with Crippen molar-refractivity contribution in [3.63, 3.8) is 0 Å². The molecule has 0 unspecified atom stereocenters. The summed E-state index contributed by atoms with van der Waals surface area (Å²) < 4.78 is 7.82. The standard InChI is InChI=1S/C18H26N4O2/c1-15-18(24-16-5-3-2-4-6-16)17(23)7-10-22(15)14-13-21(11-8-19)12-9-20/h2-7,10H,8-9,11-14,19-20H2,1H3. The molecule has 0 aliphatic carbocycles. The second kappa shape index (κ2) is 9.22. The maximum atomic E-state index is 12.2. The predicted molar refractivity (Wildman–Crippen MR) is 96.5 cm³/mol. The van der Waals surface area contributed by atoms with Gasteiger partial charge in [-0.05, 0) is 19.1 Å². The van der Waals surface area contributed by atoms with Crippen LogP contribution < -0.4 is 21.6 Å². The van der Waals surface area contributed by atoms with E-state index < -0.39 is 0 Å². The molecular weight excluding hydrogens is 304 g/mol. The number of nitrogens with zero attached hydrogens (tertiary/aromatic N) is 2. The van der Waals surface area contributed by atoms with Crippen LogP contribution in [-0.2, 0) is 6.54 Å². The number of para-hydroxylation sites is 1. The molecule has 0 atom stereocenters. The highest BCUT2D eigenvalue weighted by molar-refractivity contribution is 5.33. The van der Waals surface area contributed by atoms with Crippen LogP contribution in [0.1, 0.15) is 5.69 Å². The van der Waals surface area contributed by atoms with E-state index in [1.807, 2.05) is 41.8 Å². The van der Waals surface area contributed by atoms with Crippen LogP contribution in [0.5, 0.6) is 11.5 Å². The van der Waals surface area contributed by atoms with Gasteiger partial charge in [0.2, 0.25) is 5.43 Å². The smallest absolute Gasteiger partial charge is 0.224 e. The predicted octanol–water partition coefficient (Wildman–Crippen LogP) is 1.17. The minimum absolute atomic E-state index is 0.117. The molecule has 0 bridgehead atoms. The number of benzene rings is 1. The van der Waals surface area contributed by atoms with Crippen molar-refractivity contribution < 1.29 is 4.74 Å². The molecule has 0 fully saturated rings. The maximum Gasteiger partial charge on any atom is 0.224 e. The van der Waals surface area contributed by atoms with Crippen LogP contribution in [-0.4, -0.2) is 42.2 Å². The summed E-state index contributed by atoms with van der Waals surface area (Å²) >= 11 is 0. The molecule has 1 heterocycles. The molecule has 0 saturated carbocycles. The summed E-state index contributed by atoms with van der Waals surface area (Å²) in [6, 6.07) is 10.9. The highest BCUT2D eigenvalue weighted by Crippen LogP contribution is 2.20. The Labute approximate surface area is 142 Å². The van der Waals surface area contributed by atoms with Gasteiger partial charge in [0.25, 0.3) is 0 Å². The summed E-state index contributed by atoms with van der Waals surface area (Å²) in [5.74, 6) is 1.02. The highest BCUT2D eigenvalue weighted by atomic mass is 16.5. The fourth-order valence-corrected chi connectivity index (χ4v) is 2.58. The van der Waals surface area contributed by atoms with Gasteiger partial charge in [0.1, 0.15) is 5.75 Å². The molecule has 0 aliphatic heterocycles. The van der Waals surface area contributed by atoms with E-state index in [9.17, 15) is 4.79 Å². The zero-order chi connectivity index (χ0) is 17.4. The fourth-order valence-electron chi connectivity index (χ4n) is 2.58. The van der Waals surface area contributed by atoms with Crippen molar-refractivity contribution in [1.29, 1.82) is 0 Å². The maximum absolute atomic E-state index is 12.2. The average Bonchev–Trinajstić information content (AvgIpc) is 2.59. The number of ether oxygens (including phenoxy) is 1. The van der Waals surface area contributed by atoms with Crippen molar-refractivity contribution in [3.05, 3.63) is 58.5 Å². The van der Waals surface area contributed by atoms with E-state index in [2.05, 4.69) is 4.90 Å². The summed E-state index contributed by atoms with van der Waals surface area (Å²) in [4.78, 5) is 14.4. The minimum atomic E-state index is -0.117. The number of nitrogens with two attached hydrogens (primary N) is 2. The second-order valence-corrected chi connectivity index (χ2v) is 5.62. The van der Waals surface area contributed by atoms with Gasteiger partial charge in [0.15, 0.2) is 5.75 Å². The molecule has 130 valence electrons. The topological polar surface area (TPSA) is 86.5 Å². The van der Waals surface area contributed by atoms with Gasteiger partial charge in [-0.1, -0.05) is 18.2 Å². The lowest BCUT2D eigenvalue weighted by atomic mass is 10.3. The van der Waals surface area contributed by atoms with Crippen molar-refractivity contribution in [2.24, 2.45) is 11.5 Å². The Morgan fingerprint density at radius 3 is 2.33 bits per heavy atom. The first-order valence-corrected chi connectivity index (χ1v) is 8.21. The van der Waals surface area contributed by atoms with Crippen LogP contribution in [0, 0.1) is 6.92 Å². The van der Waals surface area contributed by atoms with Crippen LogP contribution in [0.2, 0.25) is 0 Å². The summed E-state index contributed by atoms with van der Waals surface area (Å²) in [5, 5.41) is 0. The van der Waals surface area contributed by atoms with E-state index in [1.54, 1.807) is 12.3 Å². The number of rotatable bonds is 9. The molecule has 0 saturated heterocycles. The molecule has 2 rings (SSSR count). The van der Waals surface area contributed by atoms with Crippen molar-refractivity contribution in [2.45, 2.75) is 13.5 Å². The van der Waals surface area contributed by atoms with Crippen LogP contribution in [0.4, 0.5) is 0 Å². The van der Waals surface area contributed by atoms with Crippen molar-refractivity contribution in [3.8, 4) is 11.5 Å². The van der Waals surface area contributed by atoms with Gasteiger partial charge in [0.05, 0.1) is 5.69 Å². The van der Waals surface area contributed by atoms with E-state index in [1.165, 1.54) is 0 Å². The van der Waals surface area contributed by atoms with E-state index in [-0.39, 0.29) is 5.43 Å². The van der Waals surface area contributed by atoms with Gasteiger partial charge in [-0.3, -0.25) is 9.69 Å². The SMILES string of the molecule is Cc1c(Oc2ccccc2)c(=O)ccn1CCN(CCN)CCN. The fraction of sp³-hybridized carbons (Fsp3) is 0.389. The first-order chi connectivity index (χ1) is 11.7. The zero-order valence-corrected chi connectivity index (χ0v) is 14.1. The van der Waals surface area contributed by atoms with Crippen molar-refractivity contribution in [1.82, 2.24) is 9.47 Å². The van der Waals surface area contributed by atoms with Crippen LogP contribution in [0.15, 0.2) is 47.4 Å². The third kappa shape index (κ3) is 4.92. The monoisotopic (exact) mass is 330 g/mol.